The van der Waals surface area contributed by atoms with Crippen LogP contribution in [-0.4, -0.2) is 25.4 Å². The van der Waals surface area contributed by atoms with Crippen LogP contribution in [0.5, 0.6) is 0 Å². The third-order valence-corrected chi connectivity index (χ3v) is 4.32. The predicted octanol–water partition coefficient (Wildman–Crippen LogP) is 1.31. The zero-order valence-corrected chi connectivity index (χ0v) is 12.1. The maximum atomic E-state index is 12.3. The fourth-order valence-corrected chi connectivity index (χ4v) is 2.91. The fraction of sp³-hybridized carbons (Fsp3) is 0.231. The van der Waals surface area contributed by atoms with Crippen LogP contribution in [0.2, 0.25) is 0 Å². The summed E-state index contributed by atoms with van der Waals surface area (Å²) in [6.07, 6.45) is 4.88. The Bertz CT molecular complexity index is 701. The van der Waals surface area contributed by atoms with Crippen molar-refractivity contribution in [2.45, 2.75) is 18.4 Å². The number of nitrogens with zero attached hydrogens (tertiary/aromatic N) is 2. The van der Waals surface area contributed by atoms with Crippen molar-refractivity contribution in [2.24, 2.45) is 0 Å². The molecular weight excluding hydrogens is 276 g/mol. The van der Waals surface area contributed by atoms with E-state index in [1.807, 2.05) is 6.92 Å². The van der Waals surface area contributed by atoms with Crippen molar-refractivity contribution in [3.05, 3.63) is 47.9 Å². The number of aryl methyl sites for hydroxylation is 1. The second-order valence-corrected chi connectivity index (χ2v) is 5.96. The highest BCUT2D eigenvalue weighted by atomic mass is 32.2. The summed E-state index contributed by atoms with van der Waals surface area (Å²) in [6, 6.07) is 4.90. The van der Waals surface area contributed by atoms with Gasteiger partial charge in [-0.25, -0.2) is 18.1 Å². The van der Waals surface area contributed by atoms with Crippen molar-refractivity contribution in [2.75, 3.05) is 12.4 Å². The van der Waals surface area contributed by atoms with Gasteiger partial charge in [0.1, 0.15) is 10.7 Å². The molecule has 0 spiro atoms. The van der Waals surface area contributed by atoms with E-state index in [0.29, 0.717) is 5.82 Å². The molecule has 0 unspecified atom stereocenters. The zero-order valence-electron chi connectivity index (χ0n) is 11.3. The molecule has 2 rings (SSSR count). The first-order valence-corrected chi connectivity index (χ1v) is 7.55. The molecule has 0 aliphatic rings. The molecule has 0 radical (unpaired) electrons. The Morgan fingerprint density at radius 3 is 2.75 bits per heavy atom. The molecule has 0 atom stereocenters. The number of anilines is 1. The number of aromatic nitrogens is 2. The highest BCUT2D eigenvalue weighted by molar-refractivity contribution is 7.89. The molecule has 6 nitrogen and oxygen atoms in total. The summed E-state index contributed by atoms with van der Waals surface area (Å²) in [5, 5.41) is 2.77. The number of pyridine rings is 2. The van der Waals surface area contributed by atoms with E-state index in [0.717, 1.165) is 11.1 Å². The number of nitrogens with one attached hydrogen (secondary N) is 2. The molecule has 2 aromatic heterocycles. The third-order valence-electron chi connectivity index (χ3n) is 2.89. The molecule has 2 N–H and O–H groups in total. The second kappa shape index (κ2) is 5.98. The molecule has 2 heterocycles. The van der Waals surface area contributed by atoms with E-state index >= 15 is 0 Å². The van der Waals surface area contributed by atoms with Crippen LogP contribution in [0.3, 0.4) is 0 Å². The molecule has 0 amide bonds. The van der Waals surface area contributed by atoms with Crippen molar-refractivity contribution < 1.29 is 8.42 Å². The lowest BCUT2D eigenvalue weighted by Gasteiger charge is -2.11. The van der Waals surface area contributed by atoms with Crippen LogP contribution in [-0.2, 0) is 16.6 Å². The van der Waals surface area contributed by atoms with Gasteiger partial charge in [-0.3, -0.25) is 4.98 Å². The van der Waals surface area contributed by atoms with Gasteiger partial charge in [0.15, 0.2) is 0 Å². The number of hydrogen-bond acceptors (Lipinski definition) is 5. The first-order chi connectivity index (χ1) is 9.54. The van der Waals surface area contributed by atoms with Gasteiger partial charge in [0.2, 0.25) is 10.0 Å². The molecule has 7 heteroatoms. The molecule has 0 saturated carbocycles. The molecule has 106 valence electrons. The Hall–Kier alpha value is -1.99. The van der Waals surface area contributed by atoms with E-state index in [4.69, 9.17) is 0 Å². The maximum absolute atomic E-state index is 12.3. The fourth-order valence-electron chi connectivity index (χ4n) is 1.75. The van der Waals surface area contributed by atoms with Crippen LogP contribution in [0.1, 0.15) is 11.1 Å². The topological polar surface area (TPSA) is 84.0 Å². The molecule has 2 aromatic rings. The monoisotopic (exact) mass is 292 g/mol. The largest absolute Gasteiger partial charge is 0.372 e. The molecule has 0 aliphatic heterocycles. The van der Waals surface area contributed by atoms with E-state index in [1.54, 1.807) is 31.6 Å². The van der Waals surface area contributed by atoms with Crippen molar-refractivity contribution in [3.63, 3.8) is 0 Å². The van der Waals surface area contributed by atoms with Crippen molar-refractivity contribution >= 4 is 15.8 Å². The Balaban J connectivity index is 2.22. The molecular formula is C13H16N4O2S. The van der Waals surface area contributed by atoms with Crippen LogP contribution in [0, 0.1) is 6.92 Å². The van der Waals surface area contributed by atoms with Gasteiger partial charge in [-0.1, -0.05) is 0 Å². The van der Waals surface area contributed by atoms with Gasteiger partial charge in [0.05, 0.1) is 0 Å². The quantitative estimate of drug-likeness (QED) is 0.868. The number of hydrogen-bond donors (Lipinski definition) is 2. The third kappa shape index (κ3) is 3.12. The minimum absolute atomic E-state index is 0.134. The van der Waals surface area contributed by atoms with Gasteiger partial charge in [-0.15, -0.1) is 0 Å². The van der Waals surface area contributed by atoms with E-state index in [9.17, 15) is 8.42 Å². The minimum atomic E-state index is -3.61. The van der Waals surface area contributed by atoms with E-state index in [2.05, 4.69) is 20.0 Å². The van der Waals surface area contributed by atoms with Gasteiger partial charge in [-0.2, -0.15) is 0 Å². The van der Waals surface area contributed by atoms with Crippen LogP contribution >= 0.6 is 0 Å². The first kappa shape index (κ1) is 14.4. The average molecular weight is 292 g/mol. The molecule has 0 bridgehead atoms. The molecule has 0 aliphatic carbocycles. The number of sulfonamides is 1. The van der Waals surface area contributed by atoms with Gasteiger partial charge in [0.25, 0.3) is 0 Å². The van der Waals surface area contributed by atoms with E-state index in [1.165, 1.54) is 12.3 Å². The summed E-state index contributed by atoms with van der Waals surface area (Å²) >= 11 is 0. The molecule has 0 saturated heterocycles. The first-order valence-electron chi connectivity index (χ1n) is 6.06. The van der Waals surface area contributed by atoms with Crippen LogP contribution in [0.25, 0.3) is 0 Å². The zero-order chi connectivity index (χ0) is 14.6. The van der Waals surface area contributed by atoms with Gasteiger partial charge in [0, 0.05) is 32.2 Å². The number of rotatable bonds is 5. The highest BCUT2D eigenvalue weighted by Crippen LogP contribution is 2.17. The Labute approximate surface area is 118 Å². The molecule has 20 heavy (non-hydrogen) atoms. The Morgan fingerprint density at radius 2 is 2.05 bits per heavy atom. The minimum Gasteiger partial charge on any atom is -0.372 e. The van der Waals surface area contributed by atoms with E-state index in [-0.39, 0.29) is 11.4 Å². The summed E-state index contributed by atoms with van der Waals surface area (Å²) in [7, 11) is -1.98. The normalized spacial score (nSPS) is 11.3. The summed E-state index contributed by atoms with van der Waals surface area (Å²) < 4.78 is 27.2. The van der Waals surface area contributed by atoms with Gasteiger partial charge < -0.3 is 5.32 Å². The van der Waals surface area contributed by atoms with Crippen molar-refractivity contribution in [1.82, 2.24) is 14.7 Å². The van der Waals surface area contributed by atoms with Crippen LogP contribution < -0.4 is 10.0 Å². The summed E-state index contributed by atoms with van der Waals surface area (Å²) in [5.41, 5.74) is 1.83. The Morgan fingerprint density at radius 1 is 1.25 bits per heavy atom. The lowest BCUT2D eigenvalue weighted by atomic mass is 10.2. The summed E-state index contributed by atoms with van der Waals surface area (Å²) in [4.78, 5) is 8.11. The molecule has 0 aromatic carbocycles. The van der Waals surface area contributed by atoms with Crippen LogP contribution in [0.15, 0.2) is 41.7 Å². The van der Waals surface area contributed by atoms with Gasteiger partial charge >= 0.3 is 0 Å². The lowest BCUT2D eigenvalue weighted by Crippen LogP contribution is -2.24. The van der Waals surface area contributed by atoms with Crippen molar-refractivity contribution in [1.29, 1.82) is 0 Å². The highest BCUT2D eigenvalue weighted by Gasteiger charge is 2.18. The summed E-state index contributed by atoms with van der Waals surface area (Å²) in [6.45, 7) is 2.11. The standard InChI is InChI=1S/C13H16N4O2S/c1-10-8-15-7-5-11(10)9-17-20(18,19)12-4-3-6-16-13(12)14-2/h3-8,17H,9H2,1-2H3,(H,14,16). The smallest absolute Gasteiger partial charge is 0.244 e. The van der Waals surface area contributed by atoms with Gasteiger partial charge in [-0.05, 0) is 36.2 Å². The van der Waals surface area contributed by atoms with Crippen LogP contribution in [0.4, 0.5) is 5.82 Å². The summed E-state index contributed by atoms with van der Waals surface area (Å²) in [5.74, 6) is 0.325. The lowest BCUT2D eigenvalue weighted by molar-refractivity contribution is 0.581. The maximum Gasteiger partial charge on any atom is 0.244 e. The van der Waals surface area contributed by atoms with Crippen molar-refractivity contribution in [3.8, 4) is 0 Å². The molecule has 0 fully saturated rings. The second-order valence-electron chi connectivity index (χ2n) is 4.23. The average Bonchev–Trinajstić information content (AvgIpc) is 2.46. The van der Waals surface area contributed by atoms with E-state index < -0.39 is 10.0 Å². The predicted molar refractivity (Wildman–Crippen MR) is 76.8 cm³/mol. The SMILES string of the molecule is CNc1ncccc1S(=O)(=O)NCc1ccncc1C. The Kier molecular flexibility index (Phi) is 4.31.